The first-order valence-corrected chi connectivity index (χ1v) is 9.41. The highest BCUT2D eigenvalue weighted by atomic mass is 16.5. The Morgan fingerprint density at radius 3 is 2.66 bits per heavy atom. The molecule has 152 valence electrons. The number of hydrogen-bond acceptors (Lipinski definition) is 5. The molecule has 3 aromatic rings. The third kappa shape index (κ3) is 4.81. The Kier molecular flexibility index (Phi) is 6.61. The molecule has 2 aromatic carbocycles. The van der Waals surface area contributed by atoms with Crippen molar-refractivity contribution in [3.63, 3.8) is 0 Å². The van der Waals surface area contributed by atoms with Crippen LogP contribution in [0, 0.1) is 0 Å². The minimum Gasteiger partial charge on any atom is -0.496 e. The van der Waals surface area contributed by atoms with Crippen molar-refractivity contribution in [1.29, 1.82) is 0 Å². The van der Waals surface area contributed by atoms with Crippen LogP contribution in [0.1, 0.15) is 28.7 Å². The number of aromatic nitrogens is 2. The van der Waals surface area contributed by atoms with Crippen molar-refractivity contribution in [2.24, 2.45) is 0 Å². The van der Waals surface area contributed by atoms with Crippen molar-refractivity contribution in [3.8, 4) is 5.75 Å². The fourth-order valence-electron chi connectivity index (χ4n) is 3.23. The van der Waals surface area contributed by atoms with Gasteiger partial charge in [-0.05, 0) is 37.3 Å². The predicted octanol–water partition coefficient (Wildman–Crippen LogP) is 2.60. The smallest absolute Gasteiger partial charge is 0.227 e. The zero-order valence-electron chi connectivity index (χ0n) is 16.9. The Balaban J connectivity index is 1.97. The van der Waals surface area contributed by atoms with Crippen LogP contribution in [-0.4, -0.2) is 48.6 Å². The van der Waals surface area contributed by atoms with Gasteiger partial charge in [-0.25, -0.2) is 4.98 Å². The van der Waals surface area contributed by atoms with Gasteiger partial charge in [0, 0.05) is 24.8 Å². The molecule has 7 heteroatoms. The van der Waals surface area contributed by atoms with Gasteiger partial charge < -0.3 is 19.4 Å². The van der Waals surface area contributed by atoms with Gasteiger partial charge in [0.05, 0.1) is 37.7 Å². The van der Waals surface area contributed by atoms with Gasteiger partial charge in [0.15, 0.2) is 5.78 Å². The highest BCUT2D eigenvalue weighted by Gasteiger charge is 2.16. The SMILES string of the molecule is COCCNC(=O)Cc1nc2ccccc2n1Cc1cc(C(C)=O)ccc1OC. The van der Waals surface area contributed by atoms with Crippen LogP contribution in [0.3, 0.4) is 0 Å². The minimum atomic E-state index is -0.122. The largest absolute Gasteiger partial charge is 0.496 e. The molecule has 0 aliphatic heterocycles. The molecule has 3 rings (SSSR count). The van der Waals surface area contributed by atoms with E-state index in [1.54, 1.807) is 26.4 Å². The molecule has 0 unspecified atom stereocenters. The molecule has 0 bridgehead atoms. The van der Waals surface area contributed by atoms with Gasteiger partial charge in [0.25, 0.3) is 0 Å². The van der Waals surface area contributed by atoms with E-state index in [1.165, 1.54) is 6.92 Å². The van der Waals surface area contributed by atoms with Crippen LogP contribution in [0.25, 0.3) is 11.0 Å². The van der Waals surface area contributed by atoms with Gasteiger partial charge in [-0.2, -0.15) is 0 Å². The second kappa shape index (κ2) is 9.34. The minimum absolute atomic E-state index is 0.0119. The lowest BCUT2D eigenvalue weighted by Gasteiger charge is -2.14. The number of nitrogens with zero attached hydrogens (tertiary/aromatic N) is 2. The Labute approximate surface area is 169 Å². The second-order valence-corrected chi connectivity index (χ2v) is 6.71. The first-order valence-electron chi connectivity index (χ1n) is 9.41. The van der Waals surface area contributed by atoms with Crippen molar-refractivity contribution < 1.29 is 19.1 Å². The number of benzene rings is 2. The first kappa shape index (κ1) is 20.5. The average Bonchev–Trinajstić information content (AvgIpc) is 3.05. The number of carbonyl (C=O) groups is 2. The topological polar surface area (TPSA) is 82.5 Å². The van der Waals surface area contributed by atoms with Crippen molar-refractivity contribution in [3.05, 3.63) is 59.4 Å². The number of ketones is 1. The zero-order valence-corrected chi connectivity index (χ0v) is 16.9. The summed E-state index contributed by atoms with van der Waals surface area (Å²) in [5.74, 6) is 1.20. The number of methoxy groups -OCH3 is 2. The molecule has 7 nitrogen and oxygen atoms in total. The maximum absolute atomic E-state index is 12.3. The molecule has 29 heavy (non-hydrogen) atoms. The number of amides is 1. The van der Waals surface area contributed by atoms with Crippen molar-refractivity contribution in [2.45, 2.75) is 19.9 Å². The fourth-order valence-corrected chi connectivity index (χ4v) is 3.23. The summed E-state index contributed by atoms with van der Waals surface area (Å²) < 4.78 is 12.5. The molecular weight excluding hydrogens is 370 g/mol. The summed E-state index contributed by atoms with van der Waals surface area (Å²) in [7, 11) is 3.19. The van der Waals surface area contributed by atoms with Crippen molar-refractivity contribution in [1.82, 2.24) is 14.9 Å². The van der Waals surface area contributed by atoms with Crippen LogP contribution in [0.4, 0.5) is 0 Å². The predicted molar refractivity (Wildman–Crippen MR) is 110 cm³/mol. The summed E-state index contributed by atoms with van der Waals surface area (Å²) in [6.45, 7) is 2.88. The molecule has 0 fully saturated rings. The van der Waals surface area contributed by atoms with Crippen molar-refractivity contribution in [2.75, 3.05) is 27.4 Å². The zero-order chi connectivity index (χ0) is 20.8. The Hall–Kier alpha value is -3.19. The molecule has 0 saturated carbocycles. The third-order valence-electron chi connectivity index (χ3n) is 4.70. The van der Waals surface area contributed by atoms with E-state index < -0.39 is 0 Å². The average molecular weight is 395 g/mol. The normalized spacial score (nSPS) is 10.9. The van der Waals surface area contributed by atoms with E-state index >= 15 is 0 Å². The number of rotatable bonds is 9. The lowest BCUT2D eigenvalue weighted by molar-refractivity contribution is -0.120. The van der Waals surface area contributed by atoms with E-state index in [1.807, 2.05) is 34.9 Å². The summed E-state index contributed by atoms with van der Waals surface area (Å²) in [4.78, 5) is 28.8. The summed E-state index contributed by atoms with van der Waals surface area (Å²) in [6, 6.07) is 13.1. The lowest BCUT2D eigenvalue weighted by atomic mass is 10.1. The number of hydrogen-bond donors (Lipinski definition) is 1. The second-order valence-electron chi connectivity index (χ2n) is 6.71. The Morgan fingerprint density at radius 1 is 1.14 bits per heavy atom. The molecule has 1 heterocycles. The summed E-state index contributed by atoms with van der Waals surface area (Å²) in [6.07, 6.45) is 0.146. The third-order valence-corrected chi connectivity index (χ3v) is 4.70. The van der Waals surface area contributed by atoms with Gasteiger partial charge >= 0.3 is 0 Å². The number of nitrogens with one attached hydrogen (secondary N) is 1. The lowest BCUT2D eigenvalue weighted by Crippen LogP contribution is -2.29. The number of fused-ring (bicyclic) bond motifs is 1. The molecule has 1 amide bonds. The fraction of sp³-hybridized carbons (Fsp3) is 0.318. The standard InChI is InChI=1S/C22H25N3O4/c1-15(26)16-8-9-20(29-3)17(12-16)14-25-19-7-5-4-6-18(19)24-21(25)13-22(27)23-10-11-28-2/h4-9,12H,10-11,13-14H2,1-3H3,(H,23,27). The molecule has 0 aliphatic carbocycles. The van der Waals surface area contributed by atoms with Crippen LogP contribution in [0.2, 0.25) is 0 Å². The molecule has 1 N–H and O–H groups in total. The highest BCUT2D eigenvalue weighted by Crippen LogP contribution is 2.25. The van der Waals surface area contributed by atoms with E-state index in [-0.39, 0.29) is 18.1 Å². The van der Waals surface area contributed by atoms with Crippen LogP contribution in [0.5, 0.6) is 5.75 Å². The summed E-state index contributed by atoms with van der Waals surface area (Å²) in [5, 5.41) is 2.83. The summed E-state index contributed by atoms with van der Waals surface area (Å²) >= 11 is 0. The number of imidazole rings is 1. The molecule has 1 aromatic heterocycles. The van der Waals surface area contributed by atoms with E-state index in [9.17, 15) is 9.59 Å². The Morgan fingerprint density at radius 2 is 1.93 bits per heavy atom. The number of ether oxygens (including phenoxy) is 2. The molecular formula is C22H25N3O4. The highest BCUT2D eigenvalue weighted by molar-refractivity contribution is 5.94. The van der Waals surface area contributed by atoms with Crippen LogP contribution in [-0.2, 0) is 22.5 Å². The summed E-state index contributed by atoms with van der Waals surface area (Å²) in [5.41, 5.74) is 3.20. The number of Topliss-reactive ketones (excluding diaryl/α,β-unsaturated/α-hetero) is 1. The molecule has 0 atom stereocenters. The van der Waals surface area contributed by atoms with Gasteiger partial charge in [-0.1, -0.05) is 12.1 Å². The van der Waals surface area contributed by atoms with Gasteiger partial charge in [-0.15, -0.1) is 0 Å². The molecule has 0 radical (unpaired) electrons. The monoisotopic (exact) mass is 395 g/mol. The van der Waals surface area contributed by atoms with E-state index in [4.69, 9.17) is 9.47 Å². The van der Waals surface area contributed by atoms with Crippen LogP contribution >= 0.6 is 0 Å². The molecule has 0 spiro atoms. The molecule has 0 aliphatic rings. The van der Waals surface area contributed by atoms with Crippen LogP contribution in [0.15, 0.2) is 42.5 Å². The van der Waals surface area contributed by atoms with Gasteiger partial charge in [-0.3, -0.25) is 9.59 Å². The van der Waals surface area contributed by atoms with Crippen LogP contribution < -0.4 is 10.1 Å². The first-order chi connectivity index (χ1) is 14.0. The van der Waals surface area contributed by atoms with Crippen molar-refractivity contribution >= 4 is 22.7 Å². The van der Waals surface area contributed by atoms with E-state index in [2.05, 4.69) is 10.3 Å². The maximum Gasteiger partial charge on any atom is 0.227 e. The van der Waals surface area contributed by atoms with Gasteiger partial charge in [0.1, 0.15) is 11.6 Å². The Bertz CT molecular complexity index is 1030. The van der Waals surface area contributed by atoms with E-state index in [0.29, 0.717) is 36.8 Å². The maximum atomic E-state index is 12.3. The number of carbonyl (C=O) groups excluding carboxylic acids is 2. The van der Waals surface area contributed by atoms with Gasteiger partial charge in [0.2, 0.25) is 5.91 Å². The quantitative estimate of drug-likeness (QED) is 0.445. The number of para-hydroxylation sites is 2. The van der Waals surface area contributed by atoms with E-state index in [0.717, 1.165) is 16.6 Å². The molecule has 0 saturated heterocycles.